The zero-order valence-electron chi connectivity index (χ0n) is 20.0. The van der Waals surface area contributed by atoms with Gasteiger partial charge >= 0.3 is 0 Å². The van der Waals surface area contributed by atoms with Gasteiger partial charge in [0.05, 0.1) is 16.5 Å². The molecule has 0 aromatic heterocycles. The lowest BCUT2D eigenvalue weighted by atomic mass is 9.52. The average molecular weight is 501 g/mol. The predicted molar refractivity (Wildman–Crippen MR) is 138 cm³/mol. The monoisotopic (exact) mass is 500 g/mol. The minimum atomic E-state index is 0.0181. The highest BCUT2D eigenvalue weighted by Crippen LogP contribution is 2.55. The number of benzene rings is 2. The summed E-state index contributed by atoms with van der Waals surface area (Å²) in [5, 5.41) is 15.1. The second-order valence-electron chi connectivity index (χ2n) is 10.9. The molecule has 1 saturated heterocycles. The van der Waals surface area contributed by atoms with Crippen LogP contribution in [0.15, 0.2) is 36.4 Å². The number of amides is 1. The molecule has 6 heteroatoms. The van der Waals surface area contributed by atoms with Crippen molar-refractivity contribution >= 4 is 29.1 Å². The van der Waals surface area contributed by atoms with Crippen molar-refractivity contribution in [3.8, 4) is 5.75 Å². The molecule has 182 valence electrons. The standard InChI is InChI=1S/C28H34Cl2N2O2/c1-17(2)16-32(27(34)12-18-3-8-24(29)25(30)11-18)20-5-7-22-26-13-19-4-6-21(33)14-23(19)28(22,15-20)9-10-31-26/h3-4,6,8,11,14,17,20,22,26,31,33H,5,7,9-10,12-13,15-16H2,1-2H3/t20-,22-,26+,28-/m0/s1. The van der Waals surface area contributed by atoms with Gasteiger partial charge in [0.2, 0.25) is 5.91 Å². The minimum absolute atomic E-state index is 0.0181. The van der Waals surface area contributed by atoms with E-state index in [-0.39, 0.29) is 17.4 Å². The summed E-state index contributed by atoms with van der Waals surface area (Å²) in [6.45, 7) is 6.10. The van der Waals surface area contributed by atoms with Crippen LogP contribution in [0.2, 0.25) is 10.0 Å². The number of carbonyl (C=O) groups excluding carboxylic acids is 1. The molecule has 3 aliphatic rings. The van der Waals surface area contributed by atoms with E-state index >= 15 is 0 Å². The number of carbonyl (C=O) groups is 1. The van der Waals surface area contributed by atoms with E-state index in [1.54, 1.807) is 6.07 Å². The molecule has 34 heavy (non-hydrogen) atoms. The van der Waals surface area contributed by atoms with Crippen LogP contribution in [0, 0.1) is 11.8 Å². The molecule has 4 atom stereocenters. The largest absolute Gasteiger partial charge is 0.508 e. The SMILES string of the molecule is CC(C)CN(C(=O)Cc1ccc(Cl)c(Cl)c1)[C@H]1CC[C@H]2[C@H]3Cc4ccc(O)cc4[C@@]2(CCN3)C1. The summed E-state index contributed by atoms with van der Waals surface area (Å²) in [6.07, 6.45) is 5.51. The number of piperidine rings is 1. The first-order valence-corrected chi connectivity index (χ1v) is 13.3. The van der Waals surface area contributed by atoms with E-state index in [1.165, 1.54) is 11.1 Å². The Kier molecular flexibility index (Phi) is 6.60. The van der Waals surface area contributed by atoms with Gasteiger partial charge in [-0.15, -0.1) is 0 Å². The number of phenolic OH excluding ortho intramolecular Hbond substituents is 1. The third kappa shape index (κ3) is 4.34. The van der Waals surface area contributed by atoms with Crippen molar-refractivity contribution in [2.75, 3.05) is 13.1 Å². The second kappa shape index (κ2) is 9.37. The maximum Gasteiger partial charge on any atom is 0.227 e. The fourth-order valence-corrected chi connectivity index (χ4v) is 7.28. The van der Waals surface area contributed by atoms with Crippen molar-refractivity contribution in [1.82, 2.24) is 10.2 Å². The summed E-state index contributed by atoms with van der Waals surface area (Å²) < 4.78 is 0. The molecule has 2 bridgehead atoms. The maximum atomic E-state index is 13.7. The van der Waals surface area contributed by atoms with E-state index in [2.05, 4.69) is 30.1 Å². The molecule has 0 spiro atoms. The Labute approximate surface area is 212 Å². The molecule has 2 N–H and O–H groups in total. The number of phenols is 1. The third-order valence-corrected chi connectivity index (χ3v) is 9.05. The molecular weight excluding hydrogens is 467 g/mol. The van der Waals surface area contributed by atoms with E-state index in [0.717, 1.165) is 50.8 Å². The predicted octanol–water partition coefficient (Wildman–Crippen LogP) is 5.75. The number of halogens is 2. The topological polar surface area (TPSA) is 52.6 Å². The van der Waals surface area contributed by atoms with E-state index in [4.69, 9.17) is 23.2 Å². The van der Waals surface area contributed by atoms with Crippen molar-refractivity contribution in [3.05, 3.63) is 63.1 Å². The first-order chi connectivity index (χ1) is 16.3. The average Bonchev–Trinajstić information content (AvgIpc) is 2.80. The molecule has 1 heterocycles. The second-order valence-corrected chi connectivity index (χ2v) is 11.7. The van der Waals surface area contributed by atoms with Crippen molar-refractivity contribution in [1.29, 1.82) is 0 Å². The number of hydrogen-bond donors (Lipinski definition) is 2. The lowest BCUT2D eigenvalue weighted by Crippen LogP contribution is -2.63. The molecule has 4 nitrogen and oxygen atoms in total. The van der Waals surface area contributed by atoms with E-state index in [1.807, 2.05) is 24.3 Å². The highest BCUT2D eigenvalue weighted by atomic mass is 35.5. The summed E-state index contributed by atoms with van der Waals surface area (Å²) in [5.41, 5.74) is 3.59. The van der Waals surface area contributed by atoms with Crippen LogP contribution in [-0.4, -0.2) is 41.1 Å². The van der Waals surface area contributed by atoms with Crippen molar-refractivity contribution < 1.29 is 9.90 Å². The van der Waals surface area contributed by atoms with Crippen LogP contribution in [0.1, 0.15) is 56.2 Å². The van der Waals surface area contributed by atoms with Gasteiger partial charge in [0.1, 0.15) is 5.75 Å². The Morgan fingerprint density at radius 3 is 2.76 bits per heavy atom. The van der Waals surface area contributed by atoms with Crippen molar-refractivity contribution in [2.45, 2.75) is 69.9 Å². The summed E-state index contributed by atoms with van der Waals surface area (Å²) in [7, 11) is 0. The number of fused-ring (bicyclic) bond motifs is 1. The van der Waals surface area contributed by atoms with Crippen LogP contribution >= 0.6 is 23.2 Å². The van der Waals surface area contributed by atoms with Crippen LogP contribution in [0.5, 0.6) is 5.75 Å². The Bertz CT molecular complexity index is 1090. The van der Waals surface area contributed by atoms with Crippen LogP contribution in [0.3, 0.4) is 0 Å². The van der Waals surface area contributed by atoms with Crippen LogP contribution in [-0.2, 0) is 23.1 Å². The number of hydrogen-bond acceptors (Lipinski definition) is 3. The summed E-state index contributed by atoms with van der Waals surface area (Å²) in [6, 6.07) is 12.1. The summed E-state index contributed by atoms with van der Waals surface area (Å²) >= 11 is 12.3. The molecule has 1 aliphatic heterocycles. The van der Waals surface area contributed by atoms with E-state index in [0.29, 0.717) is 40.1 Å². The van der Waals surface area contributed by atoms with Crippen molar-refractivity contribution in [3.63, 3.8) is 0 Å². The van der Waals surface area contributed by atoms with Gasteiger partial charge in [0.25, 0.3) is 0 Å². The summed E-state index contributed by atoms with van der Waals surface area (Å²) in [4.78, 5) is 15.8. The Balaban J connectivity index is 1.45. The molecule has 5 rings (SSSR count). The lowest BCUT2D eigenvalue weighted by Gasteiger charge is -2.58. The molecular formula is C28H34Cl2N2O2. The zero-order chi connectivity index (χ0) is 24.0. The third-order valence-electron chi connectivity index (χ3n) is 8.32. The van der Waals surface area contributed by atoms with Gasteiger partial charge in [-0.3, -0.25) is 4.79 Å². The molecule has 2 aliphatic carbocycles. The Morgan fingerprint density at radius 2 is 2.00 bits per heavy atom. The van der Waals surface area contributed by atoms with Gasteiger partial charge < -0.3 is 15.3 Å². The lowest BCUT2D eigenvalue weighted by molar-refractivity contribution is -0.135. The minimum Gasteiger partial charge on any atom is -0.508 e. The first kappa shape index (κ1) is 24.0. The Morgan fingerprint density at radius 1 is 1.18 bits per heavy atom. The molecule has 0 unspecified atom stereocenters. The highest BCUT2D eigenvalue weighted by Gasteiger charge is 2.54. The van der Waals surface area contributed by atoms with Crippen LogP contribution < -0.4 is 5.32 Å². The van der Waals surface area contributed by atoms with Gasteiger partial charge in [0, 0.05) is 24.0 Å². The normalized spacial score (nSPS) is 27.7. The number of rotatable bonds is 5. The highest BCUT2D eigenvalue weighted by molar-refractivity contribution is 6.42. The van der Waals surface area contributed by atoms with Gasteiger partial charge in [-0.1, -0.05) is 49.2 Å². The molecule has 2 aromatic rings. The van der Waals surface area contributed by atoms with E-state index in [9.17, 15) is 9.90 Å². The fourth-order valence-electron chi connectivity index (χ4n) is 6.96. The number of nitrogens with zero attached hydrogens (tertiary/aromatic N) is 1. The fraction of sp³-hybridized carbons (Fsp3) is 0.536. The molecule has 0 radical (unpaired) electrons. The Hall–Kier alpha value is -1.75. The van der Waals surface area contributed by atoms with Crippen LogP contribution in [0.25, 0.3) is 0 Å². The zero-order valence-corrected chi connectivity index (χ0v) is 21.5. The quantitative estimate of drug-likeness (QED) is 0.549. The maximum absolute atomic E-state index is 13.7. The number of nitrogens with one attached hydrogen (secondary N) is 1. The van der Waals surface area contributed by atoms with Gasteiger partial charge in [-0.05, 0) is 91.4 Å². The molecule has 1 saturated carbocycles. The number of aromatic hydroxyl groups is 1. The summed E-state index contributed by atoms with van der Waals surface area (Å²) in [5.74, 6) is 1.44. The first-order valence-electron chi connectivity index (χ1n) is 12.6. The molecule has 2 aromatic carbocycles. The molecule has 2 fully saturated rings. The van der Waals surface area contributed by atoms with Gasteiger partial charge in [-0.2, -0.15) is 0 Å². The van der Waals surface area contributed by atoms with Crippen LogP contribution in [0.4, 0.5) is 0 Å². The van der Waals surface area contributed by atoms with Gasteiger partial charge in [0.15, 0.2) is 0 Å². The van der Waals surface area contributed by atoms with E-state index < -0.39 is 0 Å². The molecule has 1 amide bonds. The smallest absolute Gasteiger partial charge is 0.227 e. The van der Waals surface area contributed by atoms with Gasteiger partial charge in [-0.25, -0.2) is 0 Å². The van der Waals surface area contributed by atoms with Crippen molar-refractivity contribution in [2.24, 2.45) is 11.8 Å².